The highest BCUT2D eigenvalue weighted by atomic mass is 35.5. The molecule has 0 rings (SSSR count). The fourth-order valence-electron chi connectivity index (χ4n) is 0.230. The molecule has 0 bridgehead atoms. The second-order valence-electron chi connectivity index (χ2n) is 0.998. The van der Waals surface area contributed by atoms with Crippen LogP contribution in [0.1, 0.15) is 13.8 Å². The lowest BCUT2D eigenvalue weighted by molar-refractivity contribution is 0.132. The second kappa shape index (κ2) is 3.44. The highest BCUT2D eigenvalue weighted by molar-refractivity contribution is 6.19. The Morgan fingerprint density at radius 2 is 2.33 bits per heavy atom. The number of ether oxygens (including phenoxy) is 1. The Labute approximate surface area is 43.3 Å². The summed E-state index contributed by atoms with van der Waals surface area (Å²) >= 11 is 5.36. The molecule has 0 spiro atoms. The summed E-state index contributed by atoms with van der Waals surface area (Å²) in [6.07, 6.45) is 0. The van der Waals surface area contributed by atoms with Gasteiger partial charge >= 0.3 is 0 Å². The van der Waals surface area contributed by atoms with Gasteiger partial charge in [-0.1, -0.05) is 11.6 Å². The summed E-state index contributed by atoms with van der Waals surface area (Å²) in [5.41, 5.74) is -0.130. The van der Waals surface area contributed by atoms with E-state index in [0.717, 1.165) is 0 Å². The van der Waals surface area contributed by atoms with Gasteiger partial charge in [-0.2, -0.15) is 0 Å². The summed E-state index contributed by atoms with van der Waals surface area (Å²) in [5, 5.41) is 0. The van der Waals surface area contributed by atoms with Gasteiger partial charge in [0, 0.05) is 6.61 Å². The van der Waals surface area contributed by atoms with Crippen LogP contribution in [0.15, 0.2) is 0 Å². The van der Waals surface area contributed by atoms with Crippen LogP contribution >= 0.6 is 11.6 Å². The average molecular weight is 109 g/mol. The summed E-state index contributed by atoms with van der Waals surface area (Å²) in [4.78, 5) is 0. The fourth-order valence-corrected chi connectivity index (χ4v) is 0.356. The first-order chi connectivity index (χ1) is 2.77. The standard InChI is InChI=1S/C4H9ClO/c1-3-6-4(2)5/h4H,3H2,1-2H3. The van der Waals surface area contributed by atoms with Crippen LogP contribution in [-0.4, -0.2) is 12.2 Å². The highest BCUT2D eigenvalue weighted by Crippen LogP contribution is 1.92. The second-order valence-corrected chi connectivity index (χ2v) is 1.61. The number of alkyl halides is 1. The van der Waals surface area contributed by atoms with Crippen LogP contribution in [-0.2, 0) is 4.74 Å². The molecule has 2 heteroatoms. The van der Waals surface area contributed by atoms with E-state index in [4.69, 9.17) is 16.3 Å². The monoisotopic (exact) mass is 108 g/mol. The van der Waals surface area contributed by atoms with Crippen LogP contribution in [0.4, 0.5) is 0 Å². The third-order valence-corrected chi connectivity index (χ3v) is 0.522. The van der Waals surface area contributed by atoms with Crippen molar-refractivity contribution >= 4 is 11.6 Å². The zero-order chi connectivity index (χ0) is 4.99. The zero-order valence-electron chi connectivity index (χ0n) is 4.07. The smallest absolute Gasteiger partial charge is 0.128 e. The molecule has 0 amide bonds. The van der Waals surface area contributed by atoms with Crippen molar-refractivity contribution < 1.29 is 4.74 Å². The van der Waals surface area contributed by atoms with Crippen molar-refractivity contribution in [3.05, 3.63) is 0 Å². The van der Waals surface area contributed by atoms with E-state index in [1.165, 1.54) is 0 Å². The van der Waals surface area contributed by atoms with Gasteiger partial charge < -0.3 is 4.74 Å². The lowest BCUT2D eigenvalue weighted by Gasteiger charge is -1.97. The van der Waals surface area contributed by atoms with Crippen molar-refractivity contribution in [2.24, 2.45) is 0 Å². The first-order valence-electron chi connectivity index (χ1n) is 2.03. The van der Waals surface area contributed by atoms with Crippen molar-refractivity contribution in [2.45, 2.75) is 19.4 Å². The van der Waals surface area contributed by atoms with E-state index < -0.39 is 0 Å². The molecule has 0 saturated carbocycles. The number of hydrogen-bond acceptors (Lipinski definition) is 1. The van der Waals surface area contributed by atoms with Crippen LogP contribution in [0.5, 0.6) is 0 Å². The van der Waals surface area contributed by atoms with E-state index in [1.807, 2.05) is 6.92 Å². The van der Waals surface area contributed by atoms with Gasteiger partial charge in [-0.15, -0.1) is 0 Å². The molecule has 0 fully saturated rings. The quantitative estimate of drug-likeness (QED) is 0.489. The molecule has 0 aliphatic rings. The third kappa shape index (κ3) is 4.25. The molecule has 6 heavy (non-hydrogen) atoms. The number of halogens is 1. The summed E-state index contributed by atoms with van der Waals surface area (Å²) in [5.74, 6) is 0. The first-order valence-corrected chi connectivity index (χ1v) is 2.46. The maximum Gasteiger partial charge on any atom is 0.128 e. The lowest BCUT2D eigenvalue weighted by atomic mass is 10.8. The molecule has 0 aliphatic carbocycles. The maximum absolute atomic E-state index is 5.36. The molecule has 1 nitrogen and oxygen atoms in total. The summed E-state index contributed by atoms with van der Waals surface area (Å²) in [6, 6.07) is 0. The van der Waals surface area contributed by atoms with E-state index in [-0.39, 0.29) is 5.56 Å². The predicted octanol–water partition coefficient (Wildman–Crippen LogP) is 1.61. The van der Waals surface area contributed by atoms with Crippen LogP contribution in [0.3, 0.4) is 0 Å². The van der Waals surface area contributed by atoms with Gasteiger partial charge in [0.25, 0.3) is 0 Å². The Kier molecular flexibility index (Phi) is 3.58. The Hall–Kier alpha value is 0.250. The minimum Gasteiger partial charge on any atom is -0.363 e. The molecule has 0 N–H and O–H groups in total. The Bertz CT molecular complexity index is 28.7. The van der Waals surface area contributed by atoms with E-state index in [9.17, 15) is 0 Å². The molecule has 1 atom stereocenters. The normalized spacial score (nSPS) is 14.5. The van der Waals surface area contributed by atoms with Crippen LogP contribution < -0.4 is 0 Å². The van der Waals surface area contributed by atoms with E-state index in [1.54, 1.807) is 6.92 Å². The van der Waals surface area contributed by atoms with Crippen LogP contribution in [0.25, 0.3) is 0 Å². The van der Waals surface area contributed by atoms with Crippen molar-refractivity contribution in [1.82, 2.24) is 0 Å². The minimum atomic E-state index is -0.130. The average Bonchev–Trinajstić information content (AvgIpc) is 1.35. The van der Waals surface area contributed by atoms with E-state index in [0.29, 0.717) is 6.61 Å². The van der Waals surface area contributed by atoms with Gasteiger partial charge in [0.1, 0.15) is 5.56 Å². The molecular formula is C4H9ClO. The Balaban J connectivity index is 2.63. The van der Waals surface area contributed by atoms with Crippen LogP contribution in [0.2, 0.25) is 0 Å². The lowest BCUT2D eigenvalue weighted by Crippen LogP contribution is -1.96. The van der Waals surface area contributed by atoms with Gasteiger partial charge in [0.15, 0.2) is 0 Å². The SMILES string of the molecule is CCOC(C)Cl. The number of rotatable bonds is 2. The van der Waals surface area contributed by atoms with Crippen molar-refractivity contribution in [2.75, 3.05) is 6.61 Å². The zero-order valence-corrected chi connectivity index (χ0v) is 4.83. The fraction of sp³-hybridized carbons (Fsp3) is 1.00. The summed E-state index contributed by atoms with van der Waals surface area (Å²) < 4.78 is 4.81. The van der Waals surface area contributed by atoms with Gasteiger partial charge in [-0.25, -0.2) is 0 Å². The molecule has 0 aliphatic heterocycles. The molecule has 38 valence electrons. The van der Waals surface area contributed by atoms with Crippen molar-refractivity contribution in [3.8, 4) is 0 Å². The summed E-state index contributed by atoms with van der Waals surface area (Å²) in [7, 11) is 0. The molecular weight excluding hydrogens is 99.5 g/mol. The van der Waals surface area contributed by atoms with E-state index in [2.05, 4.69) is 0 Å². The van der Waals surface area contributed by atoms with Gasteiger partial charge in [-0.05, 0) is 13.8 Å². The Morgan fingerprint density at radius 1 is 1.83 bits per heavy atom. The molecule has 0 aromatic heterocycles. The van der Waals surface area contributed by atoms with Gasteiger partial charge in [-0.3, -0.25) is 0 Å². The highest BCUT2D eigenvalue weighted by Gasteiger charge is 1.86. The molecule has 0 heterocycles. The largest absolute Gasteiger partial charge is 0.363 e. The molecule has 1 unspecified atom stereocenters. The third-order valence-electron chi connectivity index (χ3n) is 0.396. The maximum atomic E-state index is 5.36. The molecule has 0 aromatic rings. The Morgan fingerprint density at radius 3 is 2.33 bits per heavy atom. The topological polar surface area (TPSA) is 9.23 Å². The predicted molar refractivity (Wildman–Crippen MR) is 26.9 cm³/mol. The first kappa shape index (κ1) is 6.25. The van der Waals surface area contributed by atoms with E-state index >= 15 is 0 Å². The van der Waals surface area contributed by atoms with Gasteiger partial charge in [0.05, 0.1) is 0 Å². The molecule has 0 aromatic carbocycles. The van der Waals surface area contributed by atoms with Gasteiger partial charge in [0.2, 0.25) is 0 Å². The molecule has 0 saturated heterocycles. The minimum absolute atomic E-state index is 0.130. The van der Waals surface area contributed by atoms with Crippen molar-refractivity contribution in [3.63, 3.8) is 0 Å². The molecule has 0 radical (unpaired) electrons. The van der Waals surface area contributed by atoms with Crippen LogP contribution in [0, 0.1) is 0 Å². The van der Waals surface area contributed by atoms with Crippen molar-refractivity contribution in [1.29, 1.82) is 0 Å². The summed E-state index contributed by atoms with van der Waals surface area (Å²) in [6.45, 7) is 4.41. The number of hydrogen-bond donors (Lipinski definition) is 0.